The van der Waals surface area contributed by atoms with Gasteiger partial charge in [0.25, 0.3) is 0 Å². The van der Waals surface area contributed by atoms with Crippen LogP contribution in [0.1, 0.15) is 263 Å². The molecule has 0 saturated heterocycles. The summed E-state index contributed by atoms with van der Waals surface area (Å²) < 4.78 is 2.80. The number of hydrogen-bond donors (Lipinski definition) is 0. The molecule has 0 N–H and O–H groups in total. The zero-order chi connectivity index (χ0) is 55.4. The van der Waals surface area contributed by atoms with Gasteiger partial charge in [-0.25, -0.2) is 0 Å². The second kappa shape index (κ2) is 16.5. The van der Waals surface area contributed by atoms with Crippen molar-refractivity contribution < 1.29 is 0 Å². The summed E-state index contributed by atoms with van der Waals surface area (Å²) in [4.78, 5) is 11.6. The first-order valence-corrected chi connectivity index (χ1v) is 32.5. The molecular weight excluding hydrogens is 979 g/mol. The van der Waals surface area contributed by atoms with Crippen LogP contribution in [-0.2, 0) is 16.2 Å². The second-order valence-corrected chi connectivity index (χ2v) is 30.9. The lowest BCUT2D eigenvalue weighted by atomic mass is 9.41. The fraction of sp³-hybridized carbons (Fsp3) is 0.487. The molecule has 4 fully saturated rings. The van der Waals surface area contributed by atoms with E-state index in [1.807, 2.05) is 0 Å². The number of nitrogens with zero attached hydrogens (tertiary/aromatic N) is 3. The van der Waals surface area contributed by atoms with E-state index < -0.39 is 0 Å². The van der Waals surface area contributed by atoms with E-state index in [2.05, 4.69) is 180 Å². The highest BCUT2D eigenvalue weighted by molar-refractivity contribution is 6.33. The molecule has 4 aromatic heterocycles. The maximum atomic E-state index is 5.82. The van der Waals surface area contributed by atoms with Crippen LogP contribution in [0, 0.1) is 23.7 Å². The zero-order valence-electron chi connectivity index (χ0n) is 50.9. The highest BCUT2D eigenvalue weighted by Crippen LogP contribution is 2.72. The fourth-order valence-corrected chi connectivity index (χ4v) is 21.5. The van der Waals surface area contributed by atoms with E-state index in [-0.39, 0.29) is 16.2 Å². The molecule has 3 heteroatoms. The molecule has 19 rings (SSSR count). The van der Waals surface area contributed by atoms with Gasteiger partial charge in [-0.2, -0.15) is 0 Å². The van der Waals surface area contributed by atoms with Crippen LogP contribution in [0.2, 0.25) is 0 Å². The quantitative estimate of drug-likeness (QED) is 0.166. The van der Waals surface area contributed by atoms with Crippen molar-refractivity contribution >= 4 is 38.1 Å². The summed E-state index contributed by atoms with van der Waals surface area (Å²) in [5, 5.41) is 6.16. The van der Waals surface area contributed by atoms with Crippen molar-refractivity contribution in [2.75, 3.05) is 0 Å². The Bertz CT molecular complexity index is 3880. The van der Waals surface area contributed by atoms with Crippen molar-refractivity contribution in [3.63, 3.8) is 0 Å². The van der Waals surface area contributed by atoms with Crippen molar-refractivity contribution in [1.82, 2.24) is 14.4 Å². The van der Waals surface area contributed by atoms with Gasteiger partial charge in [-0.05, 0) is 230 Å². The van der Waals surface area contributed by atoms with Gasteiger partial charge < -0.3 is 4.40 Å². The van der Waals surface area contributed by atoms with Crippen molar-refractivity contribution in [2.24, 2.45) is 23.7 Å². The number of pyridine rings is 2. The van der Waals surface area contributed by atoms with E-state index in [4.69, 9.17) is 9.97 Å². The summed E-state index contributed by atoms with van der Waals surface area (Å²) >= 11 is 0. The molecule has 4 saturated carbocycles. The first-order valence-electron chi connectivity index (χ1n) is 32.5. The van der Waals surface area contributed by atoms with Gasteiger partial charge in [-0.1, -0.05) is 151 Å². The first-order chi connectivity index (χ1) is 38.8. The monoisotopic (exact) mass is 1060 g/mol. The van der Waals surface area contributed by atoms with E-state index in [9.17, 15) is 0 Å². The Morgan fingerprint density at radius 2 is 0.778 bits per heavy atom. The van der Waals surface area contributed by atoms with Crippen molar-refractivity contribution in [2.45, 2.75) is 218 Å². The zero-order valence-corrected chi connectivity index (χ0v) is 50.9. The van der Waals surface area contributed by atoms with E-state index in [0.717, 1.165) is 23.7 Å². The third-order valence-electron chi connectivity index (χ3n) is 25.0. The Morgan fingerprint density at radius 3 is 1.14 bits per heavy atom. The Kier molecular flexibility index (Phi) is 10.1. The number of rotatable bonds is 6. The molecule has 4 heterocycles. The van der Waals surface area contributed by atoms with Crippen LogP contribution in [0.4, 0.5) is 0 Å². The lowest BCUT2D eigenvalue weighted by molar-refractivity contribution is 0.158. The molecule has 81 heavy (non-hydrogen) atoms. The van der Waals surface area contributed by atoms with Crippen LogP contribution in [-0.4, -0.2) is 14.4 Å². The maximum absolute atomic E-state index is 5.82. The van der Waals surface area contributed by atoms with Crippen molar-refractivity contribution in [3.05, 3.63) is 147 Å². The van der Waals surface area contributed by atoms with Crippen LogP contribution in [0.5, 0.6) is 0 Å². The van der Waals surface area contributed by atoms with E-state index >= 15 is 0 Å². The molecule has 10 aliphatic carbocycles. The Labute approximate surface area is 482 Å². The van der Waals surface area contributed by atoms with Crippen molar-refractivity contribution in [3.8, 4) is 44.5 Å². The molecule has 412 valence electrons. The third-order valence-corrected chi connectivity index (χ3v) is 25.0. The van der Waals surface area contributed by atoms with Crippen LogP contribution in [0.15, 0.2) is 85.2 Å². The second-order valence-electron chi connectivity index (χ2n) is 30.9. The third kappa shape index (κ3) is 6.18. The summed E-state index contributed by atoms with van der Waals surface area (Å²) in [7, 11) is 0. The summed E-state index contributed by atoms with van der Waals surface area (Å²) in [6, 6.07) is 30.2. The molecule has 9 aromatic rings. The highest BCUT2D eigenvalue weighted by atomic mass is 15.0. The Morgan fingerprint density at radius 1 is 0.420 bits per heavy atom. The SMILES string of the molecule is CC(C)c1cccc(C(C)C)c1-c1ccc2c(c1)C(C)(C)C1(C)c3c-2c2c4c5c(ncc4n4c6cnc7c(c6c(c3-c3ccc(-c6c(C(C)C)cccc6C(C)C)cc3C1(C)C)c24)C1CC2CC(CC7C2)C1)C1CC2CC(C1)CC5C2. The van der Waals surface area contributed by atoms with Gasteiger partial charge in [0.2, 0.25) is 0 Å². The largest absolute Gasteiger partial charge is 0.305 e. The van der Waals surface area contributed by atoms with Gasteiger partial charge >= 0.3 is 0 Å². The van der Waals surface area contributed by atoms with Crippen LogP contribution < -0.4 is 0 Å². The number of benzene rings is 5. The smallest absolute Gasteiger partial charge is 0.0728 e. The molecule has 5 aromatic carbocycles. The topological polar surface area (TPSA) is 30.2 Å². The Balaban J connectivity index is 1.09. The van der Waals surface area contributed by atoms with Gasteiger partial charge in [0.1, 0.15) is 0 Å². The first kappa shape index (κ1) is 49.8. The predicted molar refractivity (Wildman–Crippen MR) is 339 cm³/mol. The summed E-state index contributed by atoms with van der Waals surface area (Å²) in [5.41, 5.74) is 31.4. The highest BCUT2D eigenvalue weighted by Gasteiger charge is 2.62. The molecule has 0 amide bonds. The van der Waals surface area contributed by atoms with E-state index in [1.54, 1.807) is 27.5 Å². The van der Waals surface area contributed by atoms with Gasteiger partial charge in [-0.3, -0.25) is 9.97 Å². The average Bonchev–Trinajstić information content (AvgIpc) is 2.53. The summed E-state index contributed by atoms with van der Waals surface area (Å²) in [5.74, 6) is 7.05. The van der Waals surface area contributed by atoms with E-state index in [0.29, 0.717) is 47.3 Å². The minimum atomic E-state index is -0.357. The average molecular weight is 1060 g/mol. The molecule has 8 bridgehead atoms. The summed E-state index contributed by atoms with van der Waals surface area (Å²) in [6.45, 7) is 32.7. The fourth-order valence-electron chi connectivity index (χ4n) is 21.5. The molecule has 4 atom stereocenters. The molecular formula is C78H85N3. The van der Waals surface area contributed by atoms with Crippen LogP contribution >= 0.6 is 0 Å². The standard InChI is InChI=1S/C78H85N3/c1-38(2)52-16-14-17-53(39(3)4)62(52)46-20-22-56-58(34-46)76(9,10)78(13)72-66(56)70-68-60(36-79-73-50-30-42-24-43(31-50)27-48(26-42)64(68)73)81-61-37-80-74-51-32-44-25-45(33-51)29-49(28-44)65(74)69(61)71(75(70)81)67(72)57-23-21-47(35-59(57)77(78,11)12)63-54(40(5)6)18-15-19-55(63)41(7)8/h14-23,34-45,48-51H,24-33H2,1-13H3. The lowest BCUT2D eigenvalue weighted by Crippen LogP contribution is -2.58. The number of hydrogen-bond acceptors (Lipinski definition) is 2. The minimum absolute atomic E-state index is 0.301. The molecule has 0 aliphatic heterocycles. The van der Waals surface area contributed by atoms with Crippen LogP contribution in [0.25, 0.3) is 82.6 Å². The van der Waals surface area contributed by atoms with Gasteiger partial charge in [0.05, 0.1) is 28.9 Å². The van der Waals surface area contributed by atoms with Gasteiger partial charge in [-0.15, -0.1) is 0 Å². The van der Waals surface area contributed by atoms with Gasteiger partial charge in [0, 0.05) is 61.0 Å². The molecule has 0 radical (unpaired) electrons. The normalized spacial score (nSPS) is 27.8. The van der Waals surface area contributed by atoms with Crippen LogP contribution in [0.3, 0.4) is 0 Å². The van der Waals surface area contributed by atoms with Crippen molar-refractivity contribution in [1.29, 1.82) is 0 Å². The number of fused-ring (bicyclic) bond motifs is 12. The maximum Gasteiger partial charge on any atom is 0.0728 e. The summed E-state index contributed by atoms with van der Waals surface area (Å²) in [6.07, 6.45) is 18.2. The molecule has 4 unspecified atom stereocenters. The Hall–Kier alpha value is -5.80. The molecule has 3 nitrogen and oxygen atoms in total. The molecule has 0 spiro atoms. The minimum Gasteiger partial charge on any atom is -0.305 e. The predicted octanol–water partition coefficient (Wildman–Crippen LogP) is 21.4. The lowest BCUT2D eigenvalue weighted by Gasteiger charge is -2.61. The van der Waals surface area contributed by atoms with E-state index in [1.165, 1.54) is 181 Å². The molecule has 10 aliphatic rings. The number of aromatic nitrogens is 3. The van der Waals surface area contributed by atoms with Gasteiger partial charge in [0.15, 0.2) is 0 Å².